The maximum absolute atomic E-state index is 10.7. The molecule has 0 fully saturated rings. The average Bonchev–Trinajstić information content (AvgIpc) is 2.27. The first kappa shape index (κ1) is 10.2. The summed E-state index contributed by atoms with van der Waals surface area (Å²) in [5.74, 6) is 2.52. The molecule has 0 spiro atoms. The van der Waals surface area contributed by atoms with Gasteiger partial charge in [0.2, 0.25) is 9.84 Å². The molecule has 0 unspecified atom stereocenters. The number of hydrogen-bond acceptors (Lipinski definition) is 4. The number of aryl methyl sites for hydroxylation is 2. The van der Waals surface area contributed by atoms with Crippen LogP contribution in [0.2, 0.25) is 0 Å². The molecule has 0 amide bonds. The van der Waals surface area contributed by atoms with E-state index in [-0.39, 0.29) is 0 Å². The second kappa shape index (κ2) is 3.48. The van der Waals surface area contributed by atoms with Gasteiger partial charge < -0.3 is 0 Å². The van der Waals surface area contributed by atoms with Gasteiger partial charge in [-0.2, -0.15) is 0 Å². The van der Waals surface area contributed by atoms with Crippen LogP contribution in [-0.4, -0.2) is 19.7 Å². The molecule has 70 valence electrons. The number of thiazole rings is 1. The van der Waals surface area contributed by atoms with Gasteiger partial charge in [0.1, 0.15) is 0 Å². The van der Waals surface area contributed by atoms with Gasteiger partial charge in [-0.05, 0) is 19.8 Å². The summed E-state index contributed by atoms with van der Waals surface area (Å²) >= 11 is 1.41. The smallest absolute Gasteiger partial charge is 0.214 e. The van der Waals surface area contributed by atoms with E-state index in [1.165, 1.54) is 11.3 Å². The van der Waals surface area contributed by atoms with Gasteiger partial charge in [-0.1, -0.05) is 0 Å². The summed E-state index contributed by atoms with van der Waals surface area (Å²) in [7, 11) is -3.22. The summed E-state index contributed by atoms with van der Waals surface area (Å²) in [5, 5.41) is 2.70. The maximum atomic E-state index is 10.7. The third-order valence-electron chi connectivity index (χ3n) is 1.37. The van der Waals surface area contributed by atoms with Crippen molar-refractivity contribution in [1.29, 1.82) is 0 Å². The summed E-state index contributed by atoms with van der Waals surface area (Å²) in [5.41, 5.74) is 0.905. The van der Waals surface area contributed by atoms with Gasteiger partial charge in [0.15, 0.2) is 5.01 Å². The first-order valence-electron chi connectivity index (χ1n) is 3.55. The number of rotatable bonds is 0. The Morgan fingerprint density at radius 2 is 2.00 bits per heavy atom. The van der Waals surface area contributed by atoms with Crippen LogP contribution in [-0.2, 0) is 9.84 Å². The highest BCUT2D eigenvalue weighted by Gasteiger charge is 2.00. The van der Waals surface area contributed by atoms with E-state index in [0.717, 1.165) is 16.8 Å². The minimum atomic E-state index is -3.22. The van der Waals surface area contributed by atoms with Crippen LogP contribution in [0.5, 0.6) is 0 Å². The molecule has 3 nitrogen and oxygen atoms in total. The molecule has 1 aromatic rings. The highest BCUT2D eigenvalue weighted by molar-refractivity contribution is 7.95. The van der Waals surface area contributed by atoms with Crippen molar-refractivity contribution < 1.29 is 8.42 Å². The molecule has 1 heterocycles. The Morgan fingerprint density at radius 1 is 1.38 bits per heavy atom. The first-order valence-corrected chi connectivity index (χ1v) is 6.26. The molecule has 13 heavy (non-hydrogen) atoms. The van der Waals surface area contributed by atoms with Crippen molar-refractivity contribution in [2.45, 2.75) is 13.8 Å². The van der Waals surface area contributed by atoms with Gasteiger partial charge in [-0.15, -0.1) is 11.3 Å². The van der Waals surface area contributed by atoms with Crippen LogP contribution in [0.4, 0.5) is 0 Å². The van der Waals surface area contributed by atoms with Crippen LogP contribution in [0, 0.1) is 25.0 Å². The van der Waals surface area contributed by atoms with Gasteiger partial charge in [-0.25, -0.2) is 13.4 Å². The van der Waals surface area contributed by atoms with Gasteiger partial charge in [0, 0.05) is 10.1 Å². The quantitative estimate of drug-likeness (QED) is 0.609. The van der Waals surface area contributed by atoms with Crippen molar-refractivity contribution in [3.05, 3.63) is 15.6 Å². The van der Waals surface area contributed by atoms with Crippen molar-refractivity contribution >= 4 is 21.2 Å². The van der Waals surface area contributed by atoms with E-state index >= 15 is 0 Å². The SMILES string of the molecule is Cc1nc(C#CS(C)(=O)=O)sc1C. The van der Waals surface area contributed by atoms with E-state index in [1.807, 2.05) is 13.8 Å². The van der Waals surface area contributed by atoms with E-state index in [0.29, 0.717) is 5.01 Å². The van der Waals surface area contributed by atoms with Crippen LogP contribution in [0.3, 0.4) is 0 Å². The number of nitrogens with zero attached hydrogens (tertiary/aromatic N) is 1. The Hall–Kier alpha value is -0.860. The lowest BCUT2D eigenvalue weighted by molar-refractivity contribution is 0.611. The van der Waals surface area contributed by atoms with E-state index in [9.17, 15) is 8.42 Å². The predicted octanol–water partition coefficient (Wildman–Crippen LogP) is 1.11. The molecule has 1 rings (SSSR count). The van der Waals surface area contributed by atoms with Gasteiger partial charge in [0.25, 0.3) is 0 Å². The molecule has 0 bridgehead atoms. The van der Waals surface area contributed by atoms with Crippen LogP contribution < -0.4 is 0 Å². The Kier molecular flexibility index (Phi) is 2.74. The molecule has 0 atom stereocenters. The topological polar surface area (TPSA) is 47.0 Å². The summed E-state index contributed by atoms with van der Waals surface area (Å²) in [6.45, 7) is 3.80. The van der Waals surface area contributed by atoms with E-state index < -0.39 is 9.84 Å². The van der Waals surface area contributed by atoms with E-state index in [4.69, 9.17) is 0 Å². The minimum absolute atomic E-state index is 0.556. The zero-order valence-corrected chi connectivity index (χ0v) is 9.21. The Balaban J connectivity index is 3.04. The van der Waals surface area contributed by atoms with Crippen molar-refractivity contribution in [3.63, 3.8) is 0 Å². The highest BCUT2D eigenvalue weighted by atomic mass is 32.2. The fraction of sp³-hybridized carbons (Fsp3) is 0.375. The Bertz CT molecular complexity index is 454. The molecule has 0 N–H and O–H groups in total. The minimum Gasteiger partial charge on any atom is -0.233 e. The van der Waals surface area contributed by atoms with Gasteiger partial charge in [0.05, 0.1) is 11.9 Å². The average molecular weight is 215 g/mol. The summed E-state index contributed by atoms with van der Waals surface area (Å²) in [6.07, 6.45) is 1.08. The predicted molar refractivity (Wildman–Crippen MR) is 53.3 cm³/mol. The summed E-state index contributed by atoms with van der Waals surface area (Å²) < 4.78 is 21.4. The molecular formula is C8H9NO2S2. The molecule has 0 aliphatic carbocycles. The molecule has 0 aliphatic rings. The standard InChI is InChI=1S/C8H9NO2S2/c1-6-7(2)12-8(9-6)4-5-13(3,10)11/h1-3H3. The summed E-state index contributed by atoms with van der Waals surface area (Å²) in [4.78, 5) is 5.16. The lowest BCUT2D eigenvalue weighted by Crippen LogP contribution is -1.88. The second-order valence-corrected chi connectivity index (χ2v) is 5.61. The van der Waals surface area contributed by atoms with E-state index in [1.54, 1.807) is 0 Å². The van der Waals surface area contributed by atoms with Crippen LogP contribution in [0.25, 0.3) is 0 Å². The van der Waals surface area contributed by atoms with E-state index in [2.05, 4.69) is 16.2 Å². The lowest BCUT2D eigenvalue weighted by atomic mass is 10.4. The van der Waals surface area contributed by atoms with Crippen molar-refractivity contribution in [3.8, 4) is 11.2 Å². The maximum Gasteiger partial charge on any atom is 0.214 e. The van der Waals surface area contributed by atoms with Crippen LogP contribution in [0.15, 0.2) is 0 Å². The zero-order chi connectivity index (χ0) is 10.1. The molecule has 0 saturated heterocycles. The lowest BCUT2D eigenvalue weighted by Gasteiger charge is -1.78. The third kappa shape index (κ3) is 3.17. The fourth-order valence-electron chi connectivity index (χ4n) is 0.663. The molecule has 0 radical (unpaired) electrons. The molecule has 1 aromatic heterocycles. The van der Waals surface area contributed by atoms with Crippen molar-refractivity contribution in [2.75, 3.05) is 6.26 Å². The van der Waals surface area contributed by atoms with Crippen molar-refractivity contribution in [1.82, 2.24) is 4.98 Å². The second-order valence-electron chi connectivity index (χ2n) is 2.66. The third-order valence-corrected chi connectivity index (χ3v) is 2.83. The Morgan fingerprint density at radius 3 is 2.38 bits per heavy atom. The number of aromatic nitrogens is 1. The number of sulfone groups is 1. The zero-order valence-electron chi connectivity index (χ0n) is 7.58. The largest absolute Gasteiger partial charge is 0.233 e. The van der Waals surface area contributed by atoms with Gasteiger partial charge in [-0.3, -0.25) is 0 Å². The molecular weight excluding hydrogens is 206 g/mol. The summed E-state index contributed by atoms with van der Waals surface area (Å²) in [6, 6.07) is 0. The van der Waals surface area contributed by atoms with Crippen LogP contribution >= 0.6 is 11.3 Å². The molecule has 0 aliphatic heterocycles. The normalized spacial score (nSPS) is 10.7. The Labute approximate surface area is 81.7 Å². The molecule has 5 heteroatoms. The van der Waals surface area contributed by atoms with Crippen LogP contribution in [0.1, 0.15) is 15.6 Å². The number of hydrogen-bond donors (Lipinski definition) is 0. The fourth-order valence-corrected chi connectivity index (χ4v) is 1.78. The van der Waals surface area contributed by atoms with Gasteiger partial charge >= 0.3 is 0 Å². The highest BCUT2D eigenvalue weighted by Crippen LogP contribution is 2.14. The molecule has 0 saturated carbocycles. The van der Waals surface area contributed by atoms with Crippen molar-refractivity contribution in [2.24, 2.45) is 0 Å². The molecule has 0 aromatic carbocycles. The monoisotopic (exact) mass is 215 g/mol. The first-order chi connectivity index (χ1) is 5.88.